The quantitative estimate of drug-likeness (QED) is 0.761. The first-order valence-corrected chi connectivity index (χ1v) is 10.3. The first-order chi connectivity index (χ1) is 14.3. The lowest BCUT2D eigenvalue weighted by atomic mass is 9.62. The highest BCUT2D eigenvalue weighted by Gasteiger charge is 2.54. The van der Waals surface area contributed by atoms with E-state index in [1.54, 1.807) is 17.0 Å². The number of hydrogen-bond donors (Lipinski definition) is 2. The summed E-state index contributed by atoms with van der Waals surface area (Å²) in [7, 11) is 0. The SMILES string of the molecule is CC(C)N1CC2(CCN(C(=O)Nc3cc(F)cc(F)c3)CC2)C1c1ccc(O)cc1. The largest absolute Gasteiger partial charge is 0.508 e. The van der Waals surface area contributed by atoms with Gasteiger partial charge in [0.05, 0.1) is 0 Å². The topological polar surface area (TPSA) is 55.8 Å². The van der Waals surface area contributed by atoms with E-state index in [2.05, 4.69) is 24.1 Å². The molecule has 0 bridgehead atoms. The summed E-state index contributed by atoms with van der Waals surface area (Å²) in [6, 6.07) is 10.7. The lowest BCUT2D eigenvalue weighted by molar-refractivity contribution is -0.123. The van der Waals surface area contributed by atoms with Gasteiger partial charge in [-0.1, -0.05) is 12.1 Å². The van der Waals surface area contributed by atoms with Gasteiger partial charge in [0.25, 0.3) is 0 Å². The van der Waals surface area contributed by atoms with Gasteiger partial charge in [0.15, 0.2) is 0 Å². The molecule has 2 fully saturated rings. The predicted octanol–water partition coefficient (Wildman–Crippen LogP) is 4.75. The number of nitrogens with zero attached hydrogens (tertiary/aromatic N) is 2. The summed E-state index contributed by atoms with van der Waals surface area (Å²) in [4.78, 5) is 16.8. The lowest BCUT2D eigenvalue weighted by Crippen LogP contribution is -2.64. The highest BCUT2D eigenvalue weighted by Crippen LogP contribution is 2.55. The second kappa shape index (κ2) is 7.87. The van der Waals surface area contributed by atoms with Crippen molar-refractivity contribution in [3.05, 3.63) is 59.7 Å². The zero-order chi connectivity index (χ0) is 21.5. The number of likely N-dealkylation sites (tertiary alicyclic amines) is 2. The highest BCUT2D eigenvalue weighted by atomic mass is 19.1. The number of carbonyl (C=O) groups is 1. The summed E-state index contributed by atoms with van der Waals surface area (Å²) in [6.07, 6.45) is 1.71. The molecular formula is C23H27F2N3O2. The first kappa shape index (κ1) is 20.6. The fraction of sp³-hybridized carbons (Fsp3) is 0.435. The van der Waals surface area contributed by atoms with Crippen molar-refractivity contribution >= 4 is 11.7 Å². The second-order valence-electron chi connectivity index (χ2n) is 8.70. The van der Waals surface area contributed by atoms with Gasteiger partial charge in [-0.3, -0.25) is 4.90 Å². The average Bonchev–Trinajstić information content (AvgIpc) is 2.67. The van der Waals surface area contributed by atoms with Crippen LogP contribution in [0, 0.1) is 17.0 Å². The molecular weight excluding hydrogens is 388 g/mol. The third-order valence-electron chi connectivity index (χ3n) is 6.44. The number of phenolic OH excluding ortho intramolecular Hbond substituents is 1. The van der Waals surface area contributed by atoms with Gasteiger partial charge in [-0.2, -0.15) is 0 Å². The Morgan fingerprint density at radius 2 is 1.70 bits per heavy atom. The highest BCUT2D eigenvalue weighted by molar-refractivity contribution is 5.89. The number of phenols is 1. The number of aromatic hydroxyl groups is 1. The maximum Gasteiger partial charge on any atom is 0.321 e. The molecule has 160 valence electrons. The van der Waals surface area contributed by atoms with E-state index in [1.807, 2.05) is 12.1 Å². The molecule has 2 saturated heterocycles. The molecule has 2 aliphatic rings. The molecule has 5 nitrogen and oxygen atoms in total. The van der Waals surface area contributed by atoms with Gasteiger partial charge < -0.3 is 15.3 Å². The number of anilines is 1. The first-order valence-electron chi connectivity index (χ1n) is 10.3. The molecule has 0 aromatic heterocycles. The summed E-state index contributed by atoms with van der Waals surface area (Å²) in [5, 5.41) is 12.2. The van der Waals surface area contributed by atoms with Crippen LogP contribution in [0.15, 0.2) is 42.5 Å². The molecule has 30 heavy (non-hydrogen) atoms. The molecule has 0 aliphatic carbocycles. The Morgan fingerprint density at radius 1 is 1.10 bits per heavy atom. The van der Waals surface area contributed by atoms with Crippen molar-refractivity contribution in [2.75, 3.05) is 25.0 Å². The van der Waals surface area contributed by atoms with Crippen LogP contribution >= 0.6 is 0 Å². The fourth-order valence-electron chi connectivity index (χ4n) is 4.88. The van der Waals surface area contributed by atoms with Crippen molar-refractivity contribution in [3.63, 3.8) is 0 Å². The van der Waals surface area contributed by atoms with E-state index in [4.69, 9.17) is 0 Å². The zero-order valence-corrected chi connectivity index (χ0v) is 17.2. The van der Waals surface area contributed by atoms with Crippen LogP contribution in [0.5, 0.6) is 5.75 Å². The summed E-state index contributed by atoms with van der Waals surface area (Å²) in [6.45, 7) is 6.51. The predicted molar refractivity (Wildman–Crippen MR) is 111 cm³/mol. The van der Waals surface area contributed by atoms with Gasteiger partial charge in [0, 0.05) is 48.9 Å². The number of piperidine rings is 1. The van der Waals surface area contributed by atoms with E-state index in [1.165, 1.54) is 5.56 Å². The lowest BCUT2D eigenvalue weighted by Gasteiger charge is -2.62. The number of carbonyl (C=O) groups excluding carboxylic acids is 1. The molecule has 1 unspecified atom stereocenters. The van der Waals surface area contributed by atoms with Crippen LogP contribution < -0.4 is 5.32 Å². The van der Waals surface area contributed by atoms with E-state index >= 15 is 0 Å². The van der Waals surface area contributed by atoms with Crippen molar-refractivity contribution in [3.8, 4) is 5.75 Å². The Kier molecular flexibility index (Phi) is 5.40. The van der Waals surface area contributed by atoms with E-state index in [0.717, 1.165) is 37.6 Å². The molecule has 2 aromatic rings. The monoisotopic (exact) mass is 415 g/mol. The number of urea groups is 1. The van der Waals surface area contributed by atoms with Gasteiger partial charge in [-0.05, 0) is 56.5 Å². The van der Waals surface area contributed by atoms with Crippen molar-refractivity contribution in [2.24, 2.45) is 5.41 Å². The Hall–Kier alpha value is -2.67. The summed E-state index contributed by atoms with van der Waals surface area (Å²) in [5.74, 6) is -1.19. The molecule has 1 spiro atoms. The minimum atomic E-state index is -0.720. The van der Waals surface area contributed by atoms with E-state index in [9.17, 15) is 18.7 Å². The van der Waals surface area contributed by atoms with Crippen molar-refractivity contribution in [1.82, 2.24) is 9.80 Å². The van der Waals surface area contributed by atoms with E-state index in [0.29, 0.717) is 19.1 Å². The molecule has 2 aromatic carbocycles. The van der Waals surface area contributed by atoms with E-state index in [-0.39, 0.29) is 28.9 Å². The Balaban J connectivity index is 1.44. The number of hydrogen-bond acceptors (Lipinski definition) is 3. The molecule has 0 radical (unpaired) electrons. The van der Waals surface area contributed by atoms with Gasteiger partial charge in [0.1, 0.15) is 17.4 Å². The molecule has 1 atom stereocenters. The van der Waals surface area contributed by atoms with Crippen LogP contribution in [0.4, 0.5) is 19.3 Å². The number of halogens is 2. The molecule has 2 N–H and O–H groups in total. The van der Waals surface area contributed by atoms with Crippen LogP contribution in [-0.4, -0.2) is 46.6 Å². The molecule has 2 heterocycles. The van der Waals surface area contributed by atoms with Gasteiger partial charge in [-0.15, -0.1) is 0 Å². The average molecular weight is 415 g/mol. The number of rotatable bonds is 3. The van der Waals surface area contributed by atoms with Gasteiger partial charge in [-0.25, -0.2) is 13.6 Å². The van der Waals surface area contributed by atoms with Crippen LogP contribution in [0.2, 0.25) is 0 Å². The minimum absolute atomic E-state index is 0.0863. The molecule has 2 aliphatic heterocycles. The standard InChI is InChI=1S/C23H27F2N3O2/c1-15(2)28-14-23(21(28)16-3-5-20(29)6-4-16)7-9-27(10-8-23)22(30)26-19-12-17(24)11-18(25)13-19/h3-6,11-13,15,21,29H,7-10,14H2,1-2H3,(H,26,30). The number of nitrogens with one attached hydrogen (secondary N) is 1. The van der Waals surface area contributed by atoms with Gasteiger partial charge in [0.2, 0.25) is 0 Å². The smallest absolute Gasteiger partial charge is 0.321 e. The second-order valence-corrected chi connectivity index (χ2v) is 8.70. The minimum Gasteiger partial charge on any atom is -0.508 e. The molecule has 0 saturated carbocycles. The van der Waals surface area contributed by atoms with Crippen LogP contribution in [-0.2, 0) is 0 Å². The van der Waals surface area contributed by atoms with Crippen LogP contribution in [0.1, 0.15) is 38.3 Å². The van der Waals surface area contributed by atoms with Crippen LogP contribution in [0.3, 0.4) is 0 Å². The third-order valence-corrected chi connectivity index (χ3v) is 6.44. The Labute approximate surface area is 175 Å². The normalized spacial score (nSPS) is 21.0. The Morgan fingerprint density at radius 3 is 2.27 bits per heavy atom. The summed E-state index contributed by atoms with van der Waals surface area (Å²) < 4.78 is 26.8. The fourth-order valence-corrected chi connectivity index (χ4v) is 4.88. The van der Waals surface area contributed by atoms with Crippen molar-refractivity contribution < 1.29 is 18.7 Å². The van der Waals surface area contributed by atoms with Crippen molar-refractivity contribution in [1.29, 1.82) is 0 Å². The molecule has 7 heteroatoms. The van der Waals surface area contributed by atoms with Gasteiger partial charge >= 0.3 is 6.03 Å². The van der Waals surface area contributed by atoms with Crippen molar-refractivity contribution in [2.45, 2.75) is 38.8 Å². The molecule has 4 rings (SSSR count). The molecule has 2 amide bonds. The maximum absolute atomic E-state index is 13.4. The van der Waals surface area contributed by atoms with E-state index < -0.39 is 11.6 Å². The number of amides is 2. The Bertz CT molecular complexity index is 904. The summed E-state index contributed by atoms with van der Waals surface area (Å²) in [5.41, 5.74) is 1.39. The van der Waals surface area contributed by atoms with Crippen LogP contribution in [0.25, 0.3) is 0 Å². The maximum atomic E-state index is 13.4. The zero-order valence-electron chi connectivity index (χ0n) is 17.2. The number of benzene rings is 2. The third kappa shape index (κ3) is 3.86. The summed E-state index contributed by atoms with van der Waals surface area (Å²) >= 11 is 0.